The van der Waals surface area contributed by atoms with Crippen LogP contribution in [0.4, 0.5) is 0 Å². The van der Waals surface area contributed by atoms with Crippen LogP contribution >= 0.6 is 0 Å². The van der Waals surface area contributed by atoms with E-state index in [2.05, 4.69) is 20.8 Å². The first kappa shape index (κ1) is 21.6. The van der Waals surface area contributed by atoms with Crippen LogP contribution in [0, 0.1) is 6.92 Å². The third-order valence-corrected chi connectivity index (χ3v) is 4.81. The molecule has 0 spiro atoms. The fourth-order valence-corrected chi connectivity index (χ4v) is 3.11. The summed E-state index contributed by atoms with van der Waals surface area (Å²) < 4.78 is 12.1. The molecule has 0 fully saturated rings. The molecule has 1 aromatic heterocycles. The number of carbonyl (C=O) groups is 1. The predicted octanol–water partition coefficient (Wildman–Crippen LogP) is 3.11. The van der Waals surface area contributed by atoms with Crippen molar-refractivity contribution < 1.29 is 14.3 Å². The minimum atomic E-state index is -0.304. The van der Waals surface area contributed by atoms with Gasteiger partial charge in [0.2, 0.25) is 0 Å². The van der Waals surface area contributed by atoms with Crippen LogP contribution in [0.3, 0.4) is 0 Å². The lowest BCUT2D eigenvalue weighted by Crippen LogP contribution is -2.35. The molecule has 1 amide bonds. The van der Waals surface area contributed by atoms with Crippen LogP contribution in [0.1, 0.15) is 41.7 Å². The zero-order chi connectivity index (χ0) is 21.7. The summed E-state index contributed by atoms with van der Waals surface area (Å²) in [6, 6.07) is 13.6. The van der Waals surface area contributed by atoms with Gasteiger partial charge in [-0.2, -0.15) is 4.68 Å². The van der Waals surface area contributed by atoms with E-state index in [0.29, 0.717) is 23.7 Å². The lowest BCUT2D eigenvalue weighted by molar-refractivity contribution is 0.0905. The van der Waals surface area contributed by atoms with E-state index < -0.39 is 0 Å². The second-order valence-corrected chi connectivity index (χ2v) is 7.29. The third kappa shape index (κ3) is 4.90. The fraction of sp³-hybridized carbons (Fsp3) is 0.364. The first-order chi connectivity index (χ1) is 14.4. The Kier molecular flexibility index (Phi) is 6.91. The number of rotatable bonds is 8. The van der Waals surface area contributed by atoms with Crippen molar-refractivity contribution in [3.8, 4) is 16.8 Å². The lowest BCUT2D eigenvalue weighted by Gasteiger charge is -2.16. The summed E-state index contributed by atoms with van der Waals surface area (Å²) in [5.74, 6) is 0.363. The van der Waals surface area contributed by atoms with E-state index in [-0.39, 0.29) is 18.1 Å². The highest BCUT2D eigenvalue weighted by Gasteiger charge is 2.18. The zero-order valence-corrected chi connectivity index (χ0v) is 17.9. The summed E-state index contributed by atoms with van der Waals surface area (Å²) in [5.41, 5.74) is 4.25. The molecular formula is C22H27N5O3. The highest BCUT2D eigenvalue weighted by Crippen LogP contribution is 2.26. The van der Waals surface area contributed by atoms with Crippen LogP contribution in [-0.2, 0) is 9.47 Å². The van der Waals surface area contributed by atoms with E-state index in [9.17, 15) is 4.79 Å². The number of nitrogens with one attached hydrogen (secondary N) is 1. The number of ether oxygens (including phenoxy) is 2. The topological polar surface area (TPSA) is 91.2 Å². The maximum atomic E-state index is 12.9. The number of carbonyl (C=O) groups excluding carboxylic acids is 1. The lowest BCUT2D eigenvalue weighted by atomic mass is 10.0. The van der Waals surface area contributed by atoms with Gasteiger partial charge in [-0.3, -0.25) is 4.79 Å². The molecule has 0 radical (unpaired) electrons. The summed E-state index contributed by atoms with van der Waals surface area (Å²) in [5, 5.41) is 15.0. The molecule has 1 heterocycles. The maximum absolute atomic E-state index is 12.9. The van der Waals surface area contributed by atoms with Gasteiger partial charge >= 0.3 is 0 Å². The molecular weight excluding hydrogens is 382 g/mol. The molecule has 0 aliphatic heterocycles. The van der Waals surface area contributed by atoms with Gasteiger partial charge in [0, 0.05) is 25.8 Å². The van der Waals surface area contributed by atoms with Gasteiger partial charge in [0.1, 0.15) is 6.10 Å². The standard InChI is InChI=1S/C22H27N5O3/c1-14-6-8-17(9-7-14)18-10-19(22(28)23-15(2)13-29-4)12-20(11-18)27-21(16(3)30-5)24-25-26-27/h6-12,15-16H,13H2,1-5H3,(H,23,28)/t15-,16?/m1/s1. The van der Waals surface area contributed by atoms with Crippen LogP contribution in [0.2, 0.25) is 0 Å². The number of nitrogens with zero attached hydrogens (tertiary/aromatic N) is 4. The summed E-state index contributed by atoms with van der Waals surface area (Å²) >= 11 is 0. The smallest absolute Gasteiger partial charge is 0.251 e. The first-order valence-electron chi connectivity index (χ1n) is 9.76. The average Bonchev–Trinajstić information content (AvgIpc) is 3.23. The van der Waals surface area contributed by atoms with Crippen molar-refractivity contribution in [3.63, 3.8) is 0 Å². The number of aryl methyl sites for hydroxylation is 1. The Hall–Kier alpha value is -3.10. The molecule has 1 unspecified atom stereocenters. The van der Waals surface area contributed by atoms with Crippen LogP contribution in [-0.4, -0.2) is 53.0 Å². The van der Waals surface area contributed by atoms with Gasteiger partial charge in [-0.05, 0) is 60.5 Å². The molecule has 2 atom stereocenters. The largest absolute Gasteiger partial charge is 0.383 e. The molecule has 8 nitrogen and oxygen atoms in total. The summed E-state index contributed by atoms with van der Waals surface area (Å²) in [7, 11) is 3.21. The second-order valence-electron chi connectivity index (χ2n) is 7.29. The minimum absolute atomic E-state index is 0.119. The van der Waals surface area contributed by atoms with E-state index in [4.69, 9.17) is 9.47 Å². The number of aromatic nitrogens is 4. The van der Waals surface area contributed by atoms with E-state index in [1.54, 1.807) is 25.0 Å². The molecule has 2 aromatic carbocycles. The number of hydrogen-bond donors (Lipinski definition) is 1. The first-order valence-corrected chi connectivity index (χ1v) is 9.76. The molecule has 1 N–H and O–H groups in total. The van der Waals surface area contributed by atoms with Gasteiger partial charge in [0.15, 0.2) is 5.82 Å². The predicted molar refractivity (Wildman–Crippen MR) is 114 cm³/mol. The summed E-state index contributed by atoms with van der Waals surface area (Å²) in [4.78, 5) is 12.9. The van der Waals surface area contributed by atoms with Crippen molar-refractivity contribution in [1.82, 2.24) is 25.5 Å². The molecule has 158 valence electrons. The SMILES string of the molecule is COC[C@@H](C)NC(=O)c1cc(-c2ccc(C)cc2)cc(-n2nnnc2C(C)OC)c1. The van der Waals surface area contributed by atoms with Crippen molar-refractivity contribution in [2.45, 2.75) is 32.9 Å². The van der Waals surface area contributed by atoms with Gasteiger partial charge in [0.05, 0.1) is 12.3 Å². The normalized spacial score (nSPS) is 13.1. The van der Waals surface area contributed by atoms with E-state index in [1.165, 1.54) is 0 Å². The highest BCUT2D eigenvalue weighted by molar-refractivity contribution is 5.96. The van der Waals surface area contributed by atoms with Gasteiger partial charge in [-0.25, -0.2) is 0 Å². The Bertz CT molecular complexity index is 1000. The quantitative estimate of drug-likeness (QED) is 0.615. The van der Waals surface area contributed by atoms with Gasteiger partial charge < -0.3 is 14.8 Å². The van der Waals surface area contributed by atoms with E-state index in [0.717, 1.165) is 16.7 Å². The van der Waals surface area contributed by atoms with Crippen molar-refractivity contribution in [2.24, 2.45) is 0 Å². The molecule has 0 bridgehead atoms. The number of hydrogen-bond acceptors (Lipinski definition) is 6. The van der Waals surface area contributed by atoms with E-state index in [1.807, 2.05) is 57.2 Å². The Labute approximate surface area is 176 Å². The molecule has 0 aliphatic rings. The molecule has 0 saturated carbocycles. The van der Waals surface area contributed by atoms with Crippen molar-refractivity contribution in [2.75, 3.05) is 20.8 Å². The number of benzene rings is 2. The van der Waals surface area contributed by atoms with Crippen molar-refractivity contribution >= 4 is 5.91 Å². The maximum Gasteiger partial charge on any atom is 0.251 e. The van der Waals surface area contributed by atoms with Crippen LogP contribution in [0.25, 0.3) is 16.8 Å². The molecule has 3 aromatic rings. The molecule has 8 heteroatoms. The Morgan fingerprint density at radius 1 is 1.10 bits per heavy atom. The molecule has 0 aliphatic carbocycles. The Balaban J connectivity index is 2.08. The zero-order valence-electron chi connectivity index (χ0n) is 17.9. The number of tetrazole rings is 1. The number of amides is 1. The highest BCUT2D eigenvalue weighted by atomic mass is 16.5. The average molecular weight is 409 g/mol. The summed E-state index contributed by atoms with van der Waals surface area (Å²) in [6.07, 6.45) is -0.304. The van der Waals surface area contributed by atoms with Crippen molar-refractivity contribution in [1.29, 1.82) is 0 Å². The minimum Gasteiger partial charge on any atom is -0.383 e. The molecule has 30 heavy (non-hydrogen) atoms. The van der Waals surface area contributed by atoms with Gasteiger partial charge in [0.25, 0.3) is 5.91 Å². The van der Waals surface area contributed by atoms with Gasteiger partial charge in [-0.1, -0.05) is 29.8 Å². The van der Waals surface area contributed by atoms with Crippen LogP contribution in [0.15, 0.2) is 42.5 Å². The monoisotopic (exact) mass is 409 g/mol. The molecule has 0 saturated heterocycles. The Morgan fingerprint density at radius 3 is 2.50 bits per heavy atom. The van der Waals surface area contributed by atoms with Crippen LogP contribution < -0.4 is 5.32 Å². The van der Waals surface area contributed by atoms with Crippen molar-refractivity contribution in [3.05, 3.63) is 59.4 Å². The van der Waals surface area contributed by atoms with Gasteiger partial charge in [-0.15, -0.1) is 5.10 Å². The summed E-state index contributed by atoms with van der Waals surface area (Å²) in [6.45, 7) is 6.23. The Morgan fingerprint density at radius 2 is 1.83 bits per heavy atom. The molecule has 3 rings (SSSR count). The third-order valence-electron chi connectivity index (χ3n) is 4.81. The van der Waals surface area contributed by atoms with Crippen LogP contribution in [0.5, 0.6) is 0 Å². The number of methoxy groups -OCH3 is 2. The second kappa shape index (κ2) is 9.60. The fourth-order valence-electron chi connectivity index (χ4n) is 3.11. The van der Waals surface area contributed by atoms with E-state index >= 15 is 0 Å².